The van der Waals surface area contributed by atoms with Gasteiger partial charge in [-0.3, -0.25) is 4.98 Å². The van der Waals surface area contributed by atoms with Gasteiger partial charge in [-0.2, -0.15) is 0 Å². The lowest BCUT2D eigenvalue weighted by atomic mass is 10.0. The molecule has 0 aliphatic rings. The SMILES string of the molecule is Cc1ccnc2c(C(C)N)cc(F)cc12. The second-order valence-corrected chi connectivity index (χ2v) is 3.81. The first-order valence-electron chi connectivity index (χ1n) is 4.90. The smallest absolute Gasteiger partial charge is 0.124 e. The van der Waals surface area contributed by atoms with Gasteiger partial charge >= 0.3 is 0 Å². The third-order valence-electron chi connectivity index (χ3n) is 2.55. The average Bonchev–Trinajstić information content (AvgIpc) is 2.18. The summed E-state index contributed by atoms with van der Waals surface area (Å²) in [5.74, 6) is -0.258. The first kappa shape index (κ1) is 10.1. The van der Waals surface area contributed by atoms with E-state index in [1.54, 1.807) is 6.20 Å². The summed E-state index contributed by atoms with van der Waals surface area (Å²) in [5, 5.41) is 0.838. The van der Waals surface area contributed by atoms with Crippen LogP contribution in [0, 0.1) is 12.7 Å². The Hall–Kier alpha value is -1.48. The average molecular weight is 204 g/mol. The van der Waals surface area contributed by atoms with Gasteiger partial charge in [-0.15, -0.1) is 0 Å². The van der Waals surface area contributed by atoms with Crippen LogP contribution in [0.5, 0.6) is 0 Å². The fourth-order valence-corrected chi connectivity index (χ4v) is 1.73. The molecule has 78 valence electrons. The van der Waals surface area contributed by atoms with Crippen LogP contribution >= 0.6 is 0 Å². The van der Waals surface area contributed by atoms with Crippen LogP contribution in [0.15, 0.2) is 24.4 Å². The van der Waals surface area contributed by atoms with Crippen molar-refractivity contribution < 1.29 is 4.39 Å². The molecule has 0 saturated carbocycles. The number of halogens is 1. The Kier molecular flexibility index (Phi) is 2.40. The Labute approximate surface area is 87.9 Å². The molecule has 0 amide bonds. The highest BCUT2D eigenvalue weighted by Gasteiger charge is 2.10. The predicted octanol–water partition coefficient (Wildman–Crippen LogP) is 2.70. The molecule has 1 unspecified atom stereocenters. The molecule has 0 bridgehead atoms. The Balaban J connectivity index is 2.86. The number of hydrogen-bond acceptors (Lipinski definition) is 2. The lowest BCUT2D eigenvalue weighted by molar-refractivity contribution is 0.624. The number of rotatable bonds is 1. The molecule has 15 heavy (non-hydrogen) atoms. The molecule has 0 fully saturated rings. The van der Waals surface area contributed by atoms with Gasteiger partial charge in [-0.25, -0.2) is 4.39 Å². The molecule has 1 aromatic heterocycles. The summed E-state index contributed by atoms with van der Waals surface area (Å²) in [5.41, 5.74) is 8.36. The van der Waals surface area contributed by atoms with Crippen molar-refractivity contribution in [1.82, 2.24) is 4.98 Å². The number of nitrogens with two attached hydrogens (primary N) is 1. The molecule has 0 radical (unpaired) electrons. The molecule has 2 N–H and O–H groups in total. The number of aromatic nitrogens is 1. The van der Waals surface area contributed by atoms with Gasteiger partial charge in [0, 0.05) is 17.6 Å². The van der Waals surface area contributed by atoms with E-state index in [0.29, 0.717) is 0 Å². The summed E-state index contributed by atoms with van der Waals surface area (Å²) in [6.07, 6.45) is 1.72. The summed E-state index contributed by atoms with van der Waals surface area (Å²) in [6, 6.07) is 4.62. The highest BCUT2D eigenvalue weighted by molar-refractivity contribution is 5.85. The van der Waals surface area contributed by atoms with Gasteiger partial charge in [-0.1, -0.05) is 0 Å². The van der Waals surface area contributed by atoms with E-state index in [-0.39, 0.29) is 11.9 Å². The van der Waals surface area contributed by atoms with Gasteiger partial charge in [0.2, 0.25) is 0 Å². The monoisotopic (exact) mass is 204 g/mol. The summed E-state index contributed by atoms with van der Waals surface area (Å²) >= 11 is 0. The number of nitrogens with zero attached hydrogens (tertiary/aromatic N) is 1. The van der Waals surface area contributed by atoms with Crippen LogP contribution in [-0.2, 0) is 0 Å². The van der Waals surface area contributed by atoms with Crippen molar-refractivity contribution in [2.24, 2.45) is 5.73 Å². The highest BCUT2D eigenvalue weighted by atomic mass is 19.1. The van der Waals surface area contributed by atoms with Gasteiger partial charge in [-0.05, 0) is 43.2 Å². The van der Waals surface area contributed by atoms with E-state index in [9.17, 15) is 4.39 Å². The first-order valence-corrected chi connectivity index (χ1v) is 4.90. The van der Waals surface area contributed by atoms with E-state index in [1.165, 1.54) is 12.1 Å². The van der Waals surface area contributed by atoms with Gasteiger partial charge in [0.1, 0.15) is 5.82 Å². The normalized spacial score (nSPS) is 13.1. The van der Waals surface area contributed by atoms with E-state index in [2.05, 4.69) is 4.98 Å². The van der Waals surface area contributed by atoms with Crippen molar-refractivity contribution in [1.29, 1.82) is 0 Å². The quantitative estimate of drug-likeness (QED) is 0.775. The molecule has 0 saturated heterocycles. The van der Waals surface area contributed by atoms with E-state index < -0.39 is 0 Å². The van der Waals surface area contributed by atoms with Crippen molar-refractivity contribution in [3.63, 3.8) is 0 Å². The molecule has 1 aromatic carbocycles. The maximum Gasteiger partial charge on any atom is 0.124 e. The number of benzene rings is 1. The van der Waals surface area contributed by atoms with Crippen molar-refractivity contribution in [2.45, 2.75) is 19.9 Å². The maximum atomic E-state index is 13.4. The Morgan fingerprint density at radius 2 is 2.13 bits per heavy atom. The Morgan fingerprint density at radius 3 is 2.80 bits per heavy atom. The molecule has 1 atom stereocenters. The summed E-state index contributed by atoms with van der Waals surface area (Å²) in [6.45, 7) is 3.77. The number of aryl methyl sites for hydroxylation is 1. The van der Waals surface area contributed by atoms with Crippen LogP contribution in [-0.4, -0.2) is 4.98 Å². The molecule has 1 heterocycles. The van der Waals surface area contributed by atoms with E-state index in [4.69, 9.17) is 5.73 Å². The molecule has 2 aromatic rings. The summed E-state index contributed by atoms with van der Waals surface area (Å²) in [7, 11) is 0. The van der Waals surface area contributed by atoms with E-state index in [1.807, 2.05) is 19.9 Å². The zero-order valence-electron chi connectivity index (χ0n) is 8.79. The minimum Gasteiger partial charge on any atom is -0.324 e. The van der Waals surface area contributed by atoms with Gasteiger partial charge in [0.25, 0.3) is 0 Å². The molecular formula is C12H13FN2. The maximum absolute atomic E-state index is 13.4. The lowest BCUT2D eigenvalue weighted by Gasteiger charge is -2.10. The van der Waals surface area contributed by atoms with Crippen LogP contribution in [0.1, 0.15) is 24.1 Å². The molecule has 0 aliphatic heterocycles. The van der Waals surface area contributed by atoms with Crippen LogP contribution in [0.25, 0.3) is 10.9 Å². The molecule has 0 aliphatic carbocycles. The van der Waals surface area contributed by atoms with Gasteiger partial charge in [0.15, 0.2) is 0 Å². The third-order valence-corrected chi connectivity index (χ3v) is 2.55. The highest BCUT2D eigenvalue weighted by Crippen LogP contribution is 2.24. The largest absolute Gasteiger partial charge is 0.324 e. The van der Waals surface area contributed by atoms with Crippen LogP contribution in [0.2, 0.25) is 0 Å². The predicted molar refractivity (Wildman–Crippen MR) is 59.0 cm³/mol. The molecule has 3 heteroatoms. The first-order chi connectivity index (χ1) is 7.09. The van der Waals surface area contributed by atoms with Gasteiger partial charge in [0.05, 0.1) is 5.52 Å². The topological polar surface area (TPSA) is 38.9 Å². The molecular weight excluding hydrogens is 191 g/mol. The summed E-state index contributed by atoms with van der Waals surface area (Å²) in [4.78, 5) is 4.26. The standard InChI is InChI=1S/C12H13FN2/c1-7-3-4-15-12-10(7)5-9(13)6-11(12)8(2)14/h3-6,8H,14H2,1-2H3. The molecule has 2 rings (SSSR count). The van der Waals surface area contributed by atoms with E-state index in [0.717, 1.165) is 22.0 Å². The zero-order chi connectivity index (χ0) is 11.0. The fourth-order valence-electron chi connectivity index (χ4n) is 1.73. The van der Waals surface area contributed by atoms with Crippen LogP contribution < -0.4 is 5.73 Å². The summed E-state index contributed by atoms with van der Waals surface area (Å²) < 4.78 is 13.4. The van der Waals surface area contributed by atoms with Crippen molar-refractivity contribution in [2.75, 3.05) is 0 Å². The number of hydrogen-bond donors (Lipinski definition) is 1. The zero-order valence-corrected chi connectivity index (χ0v) is 8.79. The molecule has 2 nitrogen and oxygen atoms in total. The van der Waals surface area contributed by atoms with Crippen molar-refractivity contribution >= 4 is 10.9 Å². The Morgan fingerprint density at radius 1 is 1.40 bits per heavy atom. The molecule has 0 spiro atoms. The minimum absolute atomic E-state index is 0.211. The fraction of sp³-hybridized carbons (Fsp3) is 0.250. The third kappa shape index (κ3) is 1.70. The van der Waals surface area contributed by atoms with Crippen molar-refractivity contribution in [3.05, 3.63) is 41.3 Å². The van der Waals surface area contributed by atoms with Crippen molar-refractivity contribution in [3.8, 4) is 0 Å². The van der Waals surface area contributed by atoms with E-state index >= 15 is 0 Å². The second kappa shape index (κ2) is 3.59. The minimum atomic E-state index is -0.258. The van der Waals surface area contributed by atoms with Crippen LogP contribution in [0.3, 0.4) is 0 Å². The van der Waals surface area contributed by atoms with Crippen LogP contribution in [0.4, 0.5) is 4.39 Å². The number of pyridine rings is 1. The van der Waals surface area contributed by atoms with Gasteiger partial charge < -0.3 is 5.73 Å². The second-order valence-electron chi connectivity index (χ2n) is 3.81. The Bertz CT molecular complexity index is 506. The lowest BCUT2D eigenvalue weighted by Crippen LogP contribution is -2.07. The number of fused-ring (bicyclic) bond motifs is 1.